The molecule has 1 unspecified atom stereocenters. The normalized spacial score (nSPS) is 12.2. The number of carbonyl (C=O) groups is 1. The molecule has 0 aliphatic rings. The maximum atomic E-state index is 11.9. The van der Waals surface area contributed by atoms with Gasteiger partial charge in [-0.2, -0.15) is 0 Å². The fourth-order valence-electron chi connectivity index (χ4n) is 1.12. The minimum Gasteiger partial charge on any atom is -0.385 e. The zero-order valence-corrected chi connectivity index (χ0v) is 9.05. The van der Waals surface area contributed by atoms with Gasteiger partial charge in [-0.05, 0) is 12.1 Å². The van der Waals surface area contributed by atoms with E-state index in [1.165, 1.54) is 12.1 Å². The summed E-state index contributed by atoms with van der Waals surface area (Å²) in [6.07, 6.45) is -4.88. The smallest absolute Gasteiger partial charge is 0.269 e. The van der Waals surface area contributed by atoms with Gasteiger partial charge in [-0.1, -0.05) is 0 Å². The standard InChI is InChI=1S/C10H10F2N2O4/c11-9(12)8(15)5-13-10(16)6-1-3-7(4-2-6)14(17)18/h1-4,8-9,15H,5H2,(H,13,16). The molecule has 0 aliphatic carbocycles. The lowest BCUT2D eigenvalue weighted by molar-refractivity contribution is -0.384. The molecule has 0 spiro atoms. The Balaban J connectivity index is 2.59. The van der Waals surface area contributed by atoms with E-state index in [4.69, 9.17) is 5.11 Å². The van der Waals surface area contributed by atoms with Crippen LogP contribution >= 0.6 is 0 Å². The quantitative estimate of drug-likeness (QED) is 0.609. The molecule has 0 aromatic heterocycles. The molecule has 6 nitrogen and oxygen atoms in total. The van der Waals surface area contributed by atoms with E-state index >= 15 is 0 Å². The van der Waals surface area contributed by atoms with Crippen molar-refractivity contribution in [3.05, 3.63) is 39.9 Å². The van der Waals surface area contributed by atoms with Crippen molar-refractivity contribution < 1.29 is 23.6 Å². The molecule has 8 heteroatoms. The lowest BCUT2D eigenvalue weighted by atomic mass is 10.2. The van der Waals surface area contributed by atoms with Crippen LogP contribution in [0.2, 0.25) is 0 Å². The Hall–Kier alpha value is -2.09. The van der Waals surface area contributed by atoms with Crippen molar-refractivity contribution in [2.45, 2.75) is 12.5 Å². The molecule has 18 heavy (non-hydrogen) atoms. The van der Waals surface area contributed by atoms with Gasteiger partial charge in [-0.15, -0.1) is 0 Å². The average Bonchev–Trinajstić information content (AvgIpc) is 2.35. The van der Waals surface area contributed by atoms with Crippen LogP contribution < -0.4 is 5.32 Å². The first-order chi connectivity index (χ1) is 8.41. The number of nitrogens with zero attached hydrogens (tertiary/aromatic N) is 1. The minimum atomic E-state index is -2.94. The predicted molar refractivity (Wildman–Crippen MR) is 57.4 cm³/mol. The number of nitrogens with one attached hydrogen (secondary N) is 1. The number of nitro groups is 1. The third kappa shape index (κ3) is 3.74. The van der Waals surface area contributed by atoms with Gasteiger partial charge in [0.15, 0.2) is 0 Å². The molecule has 0 bridgehead atoms. The van der Waals surface area contributed by atoms with Gasteiger partial charge in [0.2, 0.25) is 0 Å². The Labute approximate surface area is 100 Å². The second-order valence-electron chi connectivity index (χ2n) is 3.42. The van der Waals surface area contributed by atoms with Gasteiger partial charge in [0.05, 0.1) is 4.92 Å². The number of halogens is 2. The van der Waals surface area contributed by atoms with E-state index in [1.807, 2.05) is 0 Å². The van der Waals surface area contributed by atoms with E-state index < -0.39 is 29.9 Å². The van der Waals surface area contributed by atoms with Crippen molar-refractivity contribution in [1.29, 1.82) is 0 Å². The molecule has 0 fully saturated rings. The zero-order valence-electron chi connectivity index (χ0n) is 9.05. The SMILES string of the molecule is O=C(NCC(O)C(F)F)c1ccc([N+](=O)[O-])cc1. The summed E-state index contributed by atoms with van der Waals surface area (Å²) in [6, 6.07) is 4.64. The van der Waals surface area contributed by atoms with Crippen molar-refractivity contribution in [3.8, 4) is 0 Å². The third-order valence-electron chi connectivity index (χ3n) is 2.10. The molecule has 0 saturated heterocycles. The number of rotatable bonds is 5. The molecule has 0 heterocycles. The van der Waals surface area contributed by atoms with Gasteiger partial charge in [0.25, 0.3) is 18.0 Å². The number of carbonyl (C=O) groups excluding carboxylic acids is 1. The number of hydrogen-bond donors (Lipinski definition) is 2. The van der Waals surface area contributed by atoms with Gasteiger partial charge < -0.3 is 10.4 Å². The summed E-state index contributed by atoms with van der Waals surface area (Å²) in [5.74, 6) is -0.690. The number of aliphatic hydroxyl groups is 1. The largest absolute Gasteiger partial charge is 0.385 e. The number of non-ortho nitro benzene ring substituents is 1. The molecule has 0 saturated carbocycles. The first-order valence-corrected chi connectivity index (χ1v) is 4.90. The molecule has 1 amide bonds. The van der Waals surface area contributed by atoms with Crippen molar-refractivity contribution >= 4 is 11.6 Å². The van der Waals surface area contributed by atoms with Crippen LogP contribution in [-0.2, 0) is 0 Å². The molecule has 1 atom stereocenters. The fraction of sp³-hybridized carbons (Fsp3) is 0.300. The summed E-state index contributed by atoms with van der Waals surface area (Å²) in [4.78, 5) is 21.2. The number of nitro benzene ring substituents is 1. The van der Waals surface area contributed by atoms with E-state index in [0.717, 1.165) is 12.1 Å². The highest BCUT2D eigenvalue weighted by Crippen LogP contribution is 2.11. The fourth-order valence-corrected chi connectivity index (χ4v) is 1.12. The number of alkyl halides is 2. The first kappa shape index (κ1) is 14.0. The second kappa shape index (κ2) is 6.01. The molecule has 2 N–H and O–H groups in total. The van der Waals surface area contributed by atoms with Crippen molar-refractivity contribution in [3.63, 3.8) is 0 Å². The zero-order chi connectivity index (χ0) is 13.7. The molecule has 0 radical (unpaired) electrons. The summed E-state index contributed by atoms with van der Waals surface area (Å²) >= 11 is 0. The minimum absolute atomic E-state index is 0.0852. The second-order valence-corrected chi connectivity index (χ2v) is 3.42. The Bertz CT molecular complexity index is 436. The predicted octanol–water partition coefficient (Wildman–Crippen LogP) is 0.951. The van der Waals surface area contributed by atoms with E-state index in [0.29, 0.717) is 0 Å². The van der Waals surface area contributed by atoms with Crippen LogP contribution in [0.15, 0.2) is 24.3 Å². The highest BCUT2D eigenvalue weighted by atomic mass is 19.3. The number of benzene rings is 1. The maximum absolute atomic E-state index is 11.9. The van der Waals surface area contributed by atoms with E-state index in [-0.39, 0.29) is 11.3 Å². The lowest BCUT2D eigenvalue weighted by Gasteiger charge is -2.10. The molecule has 1 aromatic carbocycles. The lowest BCUT2D eigenvalue weighted by Crippen LogP contribution is -2.35. The van der Waals surface area contributed by atoms with Crippen LogP contribution in [0.5, 0.6) is 0 Å². The van der Waals surface area contributed by atoms with E-state index in [2.05, 4.69) is 5.32 Å². The molecule has 98 valence electrons. The number of amides is 1. The monoisotopic (exact) mass is 260 g/mol. The number of hydrogen-bond acceptors (Lipinski definition) is 4. The Morgan fingerprint density at radius 1 is 1.39 bits per heavy atom. The van der Waals surface area contributed by atoms with Gasteiger partial charge in [-0.3, -0.25) is 14.9 Å². The first-order valence-electron chi connectivity index (χ1n) is 4.90. The summed E-state index contributed by atoms with van der Waals surface area (Å²) in [5.41, 5.74) is -0.0961. The van der Waals surface area contributed by atoms with Crippen molar-refractivity contribution in [2.24, 2.45) is 0 Å². The van der Waals surface area contributed by atoms with Gasteiger partial charge in [-0.25, -0.2) is 8.78 Å². The summed E-state index contributed by atoms with van der Waals surface area (Å²) in [5, 5.41) is 21.2. The molecule has 1 aromatic rings. The van der Waals surface area contributed by atoms with E-state index in [9.17, 15) is 23.7 Å². The van der Waals surface area contributed by atoms with Crippen LogP contribution in [0.25, 0.3) is 0 Å². The molecular formula is C10H10F2N2O4. The summed E-state index contributed by atoms with van der Waals surface area (Å²) < 4.78 is 23.9. The van der Waals surface area contributed by atoms with Gasteiger partial charge in [0, 0.05) is 24.2 Å². The van der Waals surface area contributed by atoms with Crippen LogP contribution in [0.1, 0.15) is 10.4 Å². The highest BCUT2D eigenvalue weighted by Gasteiger charge is 2.18. The van der Waals surface area contributed by atoms with Crippen LogP contribution in [0.3, 0.4) is 0 Å². The Morgan fingerprint density at radius 3 is 2.39 bits per heavy atom. The van der Waals surface area contributed by atoms with Gasteiger partial charge >= 0.3 is 0 Å². The Kier molecular flexibility index (Phi) is 4.67. The van der Waals surface area contributed by atoms with Crippen LogP contribution in [0.4, 0.5) is 14.5 Å². The molecular weight excluding hydrogens is 250 g/mol. The molecule has 0 aliphatic heterocycles. The highest BCUT2D eigenvalue weighted by molar-refractivity contribution is 5.94. The average molecular weight is 260 g/mol. The van der Waals surface area contributed by atoms with Crippen molar-refractivity contribution in [1.82, 2.24) is 5.32 Å². The van der Waals surface area contributed by atoms with Crippen LogP contribution in [0, 0.1) is 10.1 Å². The number of aliphatic hydroxyl groups excluding tert-OH is 1. The summed E-state index contributed by atoms with van der Waals surface area (Å²) in [6.45, 7) is -0.590. The maximum Gasteiger partial charge on any atom is 0.269 e. The van der Waals surface area contributed by atoms with Crippen LogP contribution in [-0.4, -0.2) is 35.0 Å². The van der Waals surface area contributed by atoms with Crippen molar-refractivity contribution in [2.75, 3.05) is 6.54 Å². The topological polar surface area (TPSA) is 92.5 Å². The third-order valence-corrected chi connectivity index (χ3v) is 2.10. The molecule has 1 rings (SSSR count). The van der Waals surface area contributed by atoms with E-state index in [1.54, 1.807) is 0 Å². The Morgan fingerprint density at radius 2 is 1.94 bits per heavy atom. The van der Waals surface area contributed by atoms with Gasteiger partial charge in [0.1, 0.15) is 6.10 Å². The summed E-state index contributed by atoms with van der Waals surface area (Å²) in [7, 11) is 0.